The van der Waals surface area contributed by atoms with Gasteiger partial charge in [0.05, 0.1) is 5.52 Å². The summed E-state index contributed by atoms with van der Waals surface area (Å²) >= 11 is 0. The minimum absolute atomic E-state index is 0.145. The second-order valence-corrected chi connectivity index (χ2v) is 5.14. The highest BCUT2D eigenvalue weighted by molar-refractivity contribution is 6.10. The van der Waals surface area contributed by atoms with Gasteiger partial charge in [-0.05, 0) is 35.9 Å². The van der Waals surface area contributed by atoms with Crippen molar-refractivity contribution < 1.29 is 10.2 Å². The molecule has 0 saturated carbocycles. The normalized spacial score (nSPS) is 11.2. The topological polar surface area (TPSA) is 56.2 Å². The molecular formula is C18H13NO2. The number of aromatic nitrogens is 1. The number of rotatable bonds is 1. The lowest BCUT2D eigenvalue weighted by Crippen LogP contribution is -1.78. The Morgan fingerprint density at radius 2 is 1.57 bits per heavy atom. The Labute approximate surface area is 121 Å². The van der Waals surface area contributed by atoms with Crippen LogP contribution in [0.25, 0.3) is 32.9 Å². The monoisotopic (exact) mass is 275 g/mol. The van der Waals surface area contributed by atoms with E-state index in [1.54, 1.807) is 18.2 Å². The number of nitrogens with one attached hydrogen (secondary N) is 1. The van der Waals surface area contributed by atoms with Crippen molar-refractivity contribution in [2.45, 2.75) is 0 Å². The lowest BCUT2D eigenvalue weighted by molar-refractivity contribution is 0.472. The minimum atomic E-state index is 0.145. The first-order chi connectivity index (χ1) is 10.2. The number of H-pyrrole nitrogens is 1. The van der Waals surface area contributed by atoms with Crippen LogP contribution in [-0.4, -0.2) is 15.2 Å². The smallest absolute Gasteiger partial charge is 0.124 e. The molecule has 0 bridgehead atoms. The molecule has 0 spiro atoms. The largest absolute Gasteiger partial charge is 0.508 e. The first-order valence-electron chi connectivity index (χ1n) is 6.75. The fourth-order valence-electron chi connectivity index (χ4n) is 2.77. The van der Waals surface area contributed by atoms with E-state index in [1.165, 1.54) is 0 Å². The van der Waals surface area contributed by atoms with E-state index in [-0.39, 0.29) is 11.5 Å². The van der Waals surface area contributed by atoms with Crippen molar-refractivity contribution in [1.29, 1.82) is 0 Å². The highest BCUT2D eigenvalue weighted by Gasteiger charge is 2.10. The lowest BCUT2D eigenvalue weighted by atomic mass is 10.1. The van der Waals surface area contributed by atoms with Crippen LogP contribution in [0.4, 0.5) is 0 Å². The molecule has 3 N–H and O–H groups in total. The maximum atomic E-state index is 10.1. The average Bonchev–Trinajstić information content (AvgIpc) is 2.92. The molecule has 0 fully saturated rings. The Kier molecular flexibility index (Phi) is 2.42. The molecule has 0 amide bonds. The van der Waals surface area contributed by atoms with Gasteiger partial charge in [-0.15, -0.1) is 0 Å². The van der Waals surface area contributed by atoms with Gasteiger partial charge in [0.2, 0.25) is 0 Å². The summed E-state index contributed by atoms with van der Waals surface area (Å²) in [5.74, 6) is 0.319. The molecular weight excluding hydrogens is 262 g/mol. The summed E-state index contributed by atoms with van der Waals surface area (Å²) < 4.78 is 0. The van der Waals surface area contributed by atoms with Gasteiger partial charge in [-0.3, -0.25) is 0 Å². The van der Waals surface area contributed by atoms with E-state index in [1.807, 2.05) is 42.5 Å². The Morgan fingerprint density at radius 3 is 2.38 bits per heavy atom. The molecule has 3 heteroatoms. The van der Waals surface area contributed by atoms with Crippen LogP contribution in [0.5, 0.6) is 11.5 Å². The Bertz CT molecular complexity index is 955. The van der Waals surface area contributed by atoms with E-state index < -0.39 is 0 Å². The molecule has 4 rings (SSSR count). The molecule has 1 aromatic heterocycles. The first-order valence-corrected chi connectivity index (χ1v) is 6.75. The number of aromatic amines is 1. The second kappa shape index (κ2) is 4.28. The number of benzene rings is 3. The van der Waals surface area contributed by atoms with Crippen molar-refractivity contribution in [2.75, 3.05) is 0 Å². The highest BCUT2D eigenvalue weighted by Crippen LogP contribution is 2.36. The van der Waals surface area contributed by atoms with E-state index in [9.17, 15) is 10.2 Å². The Morgan fingerprint density at radius 1 is 0.762 bits per heavy atom. The van der Waals surface area contributed by atoms with E-state index in [0.29, 0.717) is 5.39 Å². The molecule has 21 heavy (non-hydrogen) atoms. The molecule has 0 aliphatic heterocycles. The van der Waals surface area contributed by atoms with Crippen LogP contribution in [0.2, 0.25) is 0 Å². The average molecular weight is 275 g/mol. The van der Waals surface area contributed by atoms with Gasteiger partial charge in [0.15, 0.2) is 0 Å². The first kappa shape index (κ1) is 11.9. The molecule has 102 valence electrons. The maximum Gasteiger partial charge on any atom is 0.124 e. The summed E-state index contributed by atoms with van der Waals surface area (Å²) in [5.41, 5.74) is 3.06. The van der Waals surface area contributed by atoms with Crippen LogP contribution in [-0.2, 0) is 0 Å². The number of fused-ring (bicyclic) bond motifs is 3. The fourth-order valence-corrected chi connectivity index (χ4v) is 2.77. The van der Waals surface area contributed by atoms with E-state index in [4.69, 9.17) is 0 Å². The van der Waals surface area contributed by atoms with Crippen molar-refractivity contribution >= 4 is 21.7 Å². The van der Waals surface area contributed by atoms with Crippen molar-refractivity contribution in [3.05, 3.63) is 60.7 Å². The van der Waals surface area contributed by atoms with Crippen LogP contribution in [0.3, 0.4) is 0 Å². The Balaban J connectivity index is 2.06. The number of aromatic hydroxyl groups is 2. The number of hydrogen-bond donors (Lipinski definition) is 3. The molecule has 0 radical (unpaired) electrons. The number of hydrogen-bond acceptors (Lipinski definition) is 2. The third kappa shape index (κ3) is 1.82. The molecule has 0 saturated heterocycles. The zero-order valence-corrected chi connectivity index (χ0v) is 11.2. The summed E-state index contributed by atoms with van der Waals surface area (Å²) in [4.78, 5) is 3.41. The number of phenols is 2. The molecule has 3 nitrogen and oxygen atoms in total. The summed E-state index contributed by atoms with van der Waals surface area (Å²) in [7, 11) is 0. The quantitative estimate of drug-likeness (QED) is 0.482. The molecule has 4 aromatic rings. The predicted molar refractivity (Wildman–Crippen MR) is 84.6 cm³/mol. The van der Waals surface area contributed by atoms with Crippen molar-refractivity contribution in [2.24, 2.45) is 0 Å². The SMILES string of the molecule is Oc1ccc2c(c1)c(O)cc1cc(-c3ccccc3)[nH]c12. The van der Waals surface area contributed by atoms with Crippen LogP contribution >= 0.6 is 0 Å². The summed E-state index contributed by atoms with van der Waals surface area (Å²) in [5, 5.41) is 22.2. The number of phenolic OH excluding ortho intramolecular Hbond substituents is 2. The van der Waals surface area contributed by atoms with Gasteiger partial charge in [-0.1, -0.05) is 30.3 Å². The molecule has 0 aliphatic carbocycles. The zero-order valence-electron chi connectivity index (χ0n) is 11.2. The van der Waals surface area contributed by atoms with Gasteiger partial charge in [0, 0.05) is 21.9 Å². The van der Waals surface area contributed by atoms with Crippen molar-refractivity contribution in [1.82, 2.24) is 4.98 Å². The summed E-state index contributed by atoms with van der Waals surface area (Å²) in [6.45, 7) is 0. The van der Waals surface area contributed by atoms with Gasteiger partial charge >= 0.3 is 0 Å². The van der Waals surface area contributed by atoms with Crippen molar-refractivity contribution in [3.8, 4) is 22.8 Å². The maximum absolute atomic E-state index is 10.1. The molecule has 0 aliphatic rings. The molecule has 3 aromatic carbocycles. The lowest BCUT2D eigenvalue weighted by Gasteiger charge is -2.03. The van der Waals surface area contributed by atoms with Crippen LogP contribution < -0.4 is 0 Å². The van der Waals surface area contributed by atoms with E-state index in [2.05, 4.69) is 4.98 Å². The molecule has 1 heterocycles. The van der Waals surface area contributed by atoms with Crippen LogP contribution in [0.15, 0.2) is 60.7 Å². The van der Waals surface area contributed by atoms with Gasteiger partial charge < -0.3 is 15.2 Å². The fraction of sp³-hybridized carbons (Fsp3) is 0. The van der Waals surface area contributed by atoms with Crippen LogP contribution in [0.1, 0.15) is 0 Å². The Hall–Kier alpha value is -2.94. The summed E-state index contributed by atoms with van der Waals surface area (Å²) in [6, 6.07) is 18.8. The van der Waals surface area contributed by atoms with Crippen molar-refractivity contribution in [3.63, 3.8) is 0 Å². The van der Waals surface area contributed by atoms with Crippen LogP contribution in [0, 0.1) is 0 Å². The van der Waals surface area contributed by atoms with E-state index >= 15 is 0 Å². The highest BCUT2D eigenvalue weighted by atomic mass is 16.3. The predicted octanol–water partition coefficient (Wildman–Crippen LogP) is 4.40. The third-order valence-corrected chi connectivity index (χ3v) is 3.77. The standard InChI is InChI=1S/C18H13NO2/c20-13-6-7-14-15(10-13)17(21)9-12-8-16(19-18(12)14)11-4-2-1-3-5-11/h1-10,19-21H. The minimum Gasteiger partial charge on any atom is -0.508 e. The summed E-state index contributed by atoms with van der Waals surface area (Å²) in [6.07, 6.45) is 0. The van der Waals surface area contributed by atoms with Gasteiger partial charge in [0.25, 0.3) is 0 Å². The van der Waals surface area contributed by atoms with Gasteiger partial charge in [-0.25, -0.2) is 0 Å². The molecule has 0 atom stereocenters. The second-order valence-electron chi connectivity index (χ2n) is 5.14. The molecule has 0 unspecified atom stereocenters. The van der Waals surface area contributed by atoms with Gasteiger partial charge in [0.1, 0.15) is 11.5 Å². The zero-order chi connectivity index (χ0) is 14.4. The van der Waals surface area contributed by atoms with E-state index in [0.717, 1.165) is 27.5 Å². The third-order valence-electron chi connectivity index (χ3n) is 3.77. The van der Waals surface area contributed by atoms with Gasteiger partial charge in [-0.2, -0.15) is 0 Å².